The van der Waals surface area contributed by atoms with Crippen molar-refractivity contribution in [2.45, 2.75) is 40.0 Å². The van der Waals surface area contributed by atoms with E-state index in [9.17, 15) is 4.79 Å². The average molecular weight is 283 g/mol. The van der Waals surface area contributed by atoms with Gasteiger partial charge in [0.1, 0.15) is 5.75 Å². The molecular weight excluding hydrogens is 262 g/mol. The molecule has 1 heterocycles. The van der Waals surface area contributed by atoms with E-state index < -0.39 is 0 Å². The van der Waals surface area contributed by atoms with Gasteiger partial charge < -0.3 is 4.74 Å². The largest absolute Gasteiger partial charge is 0.439 e. The first-order valence-electron chi connectivity index (χ1n) is 7.03. The number of pyridine rings is 1. The third-order valence-corrected chi connectivity index (χ3v) is 3.40. The number of ketones is 1. The maximum atomic E-state index is 11.2. The zero-order chi connectivity index (χ0) is 15.6. The van der Waals surface area contributed by atoms with Crippen LogP contribution in [0.15, 0.2) is 36.5 Å². The predicted octanol–water partition coefficient (Wildman–Crippen LogP) is 4.68. The summed E-state index contributed by atoms with van der Waals surface area (Å²) in [5, 5.41) is 0. The molecule has 110 valence electrons. The second-order valence-electron chi connectivity index (χ2n) is 6.27. The number of carbonyl (C=O) groups excluding carboxylic acids is 1. The van der Waals surface area contributed by atoms with E-state index >= 15 is 0 Å². The van der Waals surface area contributed by atoms with E-state index in [0.29, 0.717) is 11.4 Å². The lowest BCUT2D eigenvalue weighted by molar-refractivity contribution is 0.101. The molecule has 0 atom stereocenters. The fourth-order valence-electron chi connectivity index (χ4n) is 1.99. The van der Waals surface area contributed by atoms with Gasteiger partial charge in [0.2, 0.25) is 5.88 Å². The summed E-state index contributed by atoms with van der Waals surface area (Å²) in [6.07, 6.45) is 1.54. The molecule has 1 aromatic heterocycles. The highest BCUT2D eigenvalue weighted by atomic mass is 16.5. The third-order valence-electron chi connectivity index (χ3n) is 3.40. The quantitative estimate of drug-likeness (QED) is 0.768. The number of carbonyl (C=O) groups is 1. The highest BCUT2D eigenvalue weighted by Crippen LogP contribution is 2.29. The SMILES string of the molecule is CC(=O)c1ccc(Oc2ccc(C(C)(C)C)cc2C)nc1. The Morgan fingerprint density at radius 1 is 1.14 bits per heavy atom. The molecule has 2 rings (SSSR count). The highest BCUT2D eigenvalue weighted by Gasteiger charge is 2.15. The van der Waals surface area contributed by atoms with E-state index in [4.69, 9.17) is 4.74 Å². The number of aromatic nitrogens is 1. The van der Waals surface area contributed by atoms with Crippen LogP contribution in [0.1, 0.15) is 49.2 Å². The Morgan fingerprint density at radius 3 is 2.33 bits per heavy atom. The summed E-state index contributed by atoms with van der Waals surface area (Å²) < 4.78 is 5.79. The molecule has 3 heteroatoms. The Morgan fingerprint density at radius 2 is 1.86 bits per heavy atom. The summed E-state index contributed by atoms with van der Waals surface area (Å²) in [5.74, 6) is 1.28. The van der Waals surface area contributed by atoms with Crippen molar-refractivity contribution in [3.05, 3.63) is 53.2 Å². The van der Waals surface area contributed by atoms with Gasteiger partial charge in [-0.25, -0.2) is 4.98 Å². The van der Waals surface area contributed by atoms with E-state index in [1.54, 1.807) is 12.1 Å². The lowest BCUT2D eigenvalue weighted by atomic mass is 9.86. The van der Waals surface area contributed by atoms with Crippen molar-refractivity contribution >= 4 is 5.78 Å². The van der Waals surface area contributed by atoms with Gasteiger partial charge in [0.15, 0.2) is 5.78 Å². The molecule has 21 heavy (non-hydrogen) atoms. The summed E-state index contributed by atoms with van der Waals surface area (Å²) in [7, 11) is 0. The molecule has 0 aliphatic heterocycles. The molecule has 0 radical (unpaired) electrons. The molecular formula is C18H21NO2. The number of aryl methyl sites for hydroxylation is 1. The molecule has 0 bridgehead atoms. The monoisotopic (exact) mass is 283 g/mol. The molecule has 3 nitrogen and oxygen atoms in total. The van der Waals surface area contributed by atoms with Crippen molar-refractivity contribution in [1.29, 1.82) is 0 Å². The van der Waals surface area contributed by atoms with E-state index in [-0.39, 0.29) is 11.2 Å². The number of rotatable bonds is 3. The maximum Gasteiger partial charge on any atom is 0.219 e. The van der Waals surface area contributed by atoms with Crippen LogP contribution in [0.4, 0.5) is 0 Å². The topological polar surface area (TPSA) is 39.2 Å². The summed E-state index contributed by atoms with van der Waals surface area (Å²) in [4.78, 5) is 15.4. The lowest BCUT2D eigenvalue weighted by Gasteiger charge is -2.20. The van der Waals surface area contributed by atoms with Crippen LogP contribution in [-0.2, 0) is 5.41 Å². The number of Topliss-reactive ketones (excluding diaryl/α,β-unsaturated/α-hetero) is 1. The van der Waals surface area contributed by atoms with E-state index in [1.165, 1.54) is 18.7 Å². The van der Waals surface area contributed by atoms with E-state index in [0.717, 1.165) is 11.3 Å². The predicted molar refractivity (Wildman–Crippen MR) is 84.2 cm³/mol. The van der Waals surface area contributed by atoms with Gasteiger partial charge in [-0.3, -0.25) is 4.79 Å². The normalized spacial score (nSPS) is 11.3. The van der Waals surface area contributed by atoms with Gasteiger partial charge in [0.25, 0.3) is 0 Å². The van der Waals surface area contributed by atoms with Crippen molar-refractivity contribution in [3.63, 3.8) is 0 Å². The smallest absolute Gasteiger partial charge is 0.219 e. The molecule has 0 aliphatic carbocycles. The molecule has 0 saturated carbocycles. The minimum Gasteiger partial charge on any atom is -0.439 e. The van der Waals surface area contributed by atoms with Gasteiger partial charge in [-0.2, -0.15) is 0 Å². The molecule has 2 aromatic rings. The van der Waals surface area contributed by atoms with Crippen LogP contribution in [0.25, 0.3) is 0 Å². The van der Waals surface area contributed by atoms with Crippen LogP contribution in [-0.4, -0.2) is 10.8 Å². The highest BCUT2D eigenvalue weighted by molar-refractivity contribution is 5.93. The Bertz CT molecular complexity index is 652. The Labute approximate surface area is 126 Å². The van der Waals surface area contributed by atoms with Crippen LogP contribution in [0.2, 0.25) is 0 Å². The van der Waals surface area contributed by atoms with E-state index in [1.807, 2.05) is 13.0 Å². The van der Waals surface area contributed by atoms with Crippen LogP contribution >= 0.6 is 0 Å². The van der Waals surface area contributed by atoms with Gasteiger partial charge in [-0.1, -0.05) is 32.9 Å². The first-order valence-corrected chi connectivity index (χ1v) is 7.03. The Hall–Kier alpha value is -2.16. The van der Waals surface area contributed by atoms with E-state index in [2.05, 4.69) is 37.9 Å². The number of hydrogen-bond donors (Lipinski definition) is 0. The standard InChI is InChI=1S/C18H21NO2/c1-12-10-15(18(3,4)5)7-8-16(12)21-17-9-6-14(11-19-17)13(2)20/h6-11H,1-5H3. The zero-order valence-corrected chi connectivity index (χ0v) is 13.2. The van der Waals surface area contributed by atoms with Crippen molar-refractivity contribution < 1.29 is 9.53 Å². The Balaban J connectivity index is 2.22. The lowest BCUT2D eigenvalue weighted by Crippen LogP contribution is -2.11. The molecule has 0 aliphatic rings. The molecule has 0 spiro atoms. The second-order valence-corrected chi connectivity index (χ2v) is 6.27. The number of hydrogen-bond acceptors (Lipinski definition) is 3. The molecule has 0 fully saturated rings. The van der Waals surface area contributed by atoms with Gasteiger partial charge in [-0.05, 0) is 42.5 Å². The molecule has 0 amide bonds. The molecule has 0 saturated heterocycles. The van der Waals surface area contributed by atoms with Crippen molar-refractivity contribution in [3.8, 4) is 11.6 Å². The Kier molecular flexibility index (Phi) is 4.12. The van der Waals surface area contributed by atoms with Gasteiger partial charge in [0, 0.05) is 17.8 Å². The van der Waals surface area contributed by atoms with Crippen LogP contribution in [0, 0.1) is 6.92 Å². The molecule has 0 N–H and O–H groups in total. The molecule has 1 aromatic carbocycles. The molecule has 0 unspecified atom stereocenters. The van der Waals surface area contributed by atoms with Crippen LogP contribution in [0.3, 0.4) is 0 Å². The van der Waals surface area contributed by atoms with Gasteiger partial charge in [-0.15, -0.1) is 0 Å². The summed E-state index contributed by atoms with van der Waals surface area (Å²) in [5.41, 5.74) is 3.04. The summed E-state index contributed by atoms with van der Waals surface area (Å²) in [6, 6.07) is 9.62. The number of ether oxygens (including phenoxy) is 1. The van der Waals surface area contributed by atoms with Crippen molar-refractivity contribution in [2.75, 3.05) is 0 Å². The second kappa shape index (κ2) is 5.68. The maximum absolute atomic E-state index is 11.2. The minimum atomic E-state index is -0.000222. The van der Waals surface area contributed by atoms with Crippen LogP contribution in [0.5, 0.6) is 11.6 Å². The van der Waals surface area contributed by atoms with Crippen molar-refractivity contribution in [2.24, 2.45) is 0 Å². The fraction of sp³-hybridized carbons (Fsp3) is 0.333. The van der Waals surface area contributed by atoms with Crippen LogP contribution < -0.4 is 4.74 Å². The minimum absolute atomic E-state index is 0.000222. The first-order chi connectivity index (χ1) is 9.77. The summed E-state index contributed by atoms with van der Waals surface area (Å²) in [6.45, 7) is 10.1. The van der Waals surface area contributed by atoms with Gasteiger partial charge >= 0.3 is 0 Å². The van der Waals surface area contributed by atoms with Crippen molar-refractivity contribution in [1.82, 2.24) is 4.98 Å². The summed E-state index contributed by atoms with van der Waals surface area (Å²) >= 11 is 0. The third kappa shape index (κ3) is 3.69. The number of benzene rings is 1. The number of nitrogens with zero attached hydrogens (tertiary/aromatic N) is 1. The first kappa shape index (κ1) is 15.2. The average Bonchev–Trinajstić information content (AvgIpc) is 2.40. The van der Waals surface area contributed by atoms with Gasteiger partial charge in [0.05, 0.1) is 0 Å². The fourth-order valence-corrected chi connectivity index (χ4v) is 1.99. The zero-order valence-electron chi connectivity index (χ0n) is 13.2.